The van der Waals surface area contributed by atoms with Crippen LogP contribution >= 0.6 is 12.2 Å². The summed E-state index contributed by atoms with van der Waals surface area (Å²) in [5.41, 5.74) is 2.98. The average Bonchev–Trinajstić information content (AvgIpc) is 2.73. The van der Waals surface area contributed by atoms with Crippen molar-refractivity contribution in [2.45, 2.75) is 32.2 Å². The predicted octanol–water partition coefficient (Wildman–Crippen LogP) is 4.60. The predicted molar refractivity (Wildman–Crippen MR) is 123 cm³/mol. The number of benzene rings is 2. The van der Waals surface area contributed by atoms with E-state index in [1.807, 2.05) is 36.4 Å². The summed E-state index contributed by atoms with van der Waals surface area (Å²) in [5, 5.41) is 6.00. The summed E-state index contributed by atoms with van der Waals surface area (Å²) in [6, 6.07) is 16.2. The number of amides is 1. The average molecular weight is 410 g/mol. The van der Waals surface area contributed by atoms with Crippen LogP contribution in [-0.2, 0) is 4.79 Å². The summed E-state index contributed by atoms with van der Waals surface area (Å²) in [7, 11) is 1.62. The lowest BCUT2D eigenvalue weighted by molar-refractivity contribution is -0.115. The number of carbonyl (C=O) groups excluding carboxylic acids is 1. The van der Waals surface area contributed by atoms with E-state index in [0.29, 0.717) is 6.04 Å². The third kappa shape index (κ3) is 6.06. The molecule has 1 aliphatic heterocycles. The first-order valence-corrected chi connectivity index (χ1v) is 10.3. The van der Waals surface area contributed by atoms with Gasteiger partial charge in [-0.1, -0.05) is 12.1 Å². The van der Waals surface area contributed by atoms with Gasteiger partial charge in [0.1, 0.15) is 5.75 Å². The monoisotopic (exact) mass is 409 g/mol. The van der Waals surface area contributed by atoms with E-state index < -0.39 is 0 Å². The molecule has 0 unspecified atom stereocenters. The highest BCUT2D eigenvalue weighted by atomic mass is 32.1. The topological polar surface area (TPSA) is 53.6 Å². The van der Waals surface area contributed by atoms with E-state index in [9.17, 15) is 4.79 Å². The molecule has 1 heterocycles. The van der Waals surface area contributed by atoms with Crippen molar-refractivity contribution in [3.05, 3.63) is 60.2 Å². The fourth-order valence-corrected chi connectivity index (χ4v) is 3.64. The van der Waals surface area contributed by atoms with Gasteiger partial charge >= 0.3 is 0 Å². The molecule has 0 bridgehead atoms. The smallest absolute Gasteiger partial charge is 0.250 e. The Labute approximate surface area is 177 Å². The molecule has 1 amide bonds. The molecule has 0 aromatic heterocycles. The van der Waals surface area contributed by atoms with Crippen molar-refractivity contribution in [2.24, 2.45) is 0 Å². The number of hydrogen-bond acceptors (Lipinski definition) is 4. The molecular weight excluding hydrogens is 382 g/mol. The third-order valence-corrected chi connectivity index (χ3v) is 5.24. The summed E-state index contributed by atoms with van der Waals surface area (Å²) in [4.78, 5) is 14.5. The molecule has 1 aliphatic rings. The molecule has 3 rings (SSSR count). The van der Waals surface area contributed by atoms with Crippen LogP contribution in [0.5, 0.6) is 5.75 Å². The van der Waals surface area contributed by atoms with Gasteiger partial charge in [-0.05, 0) is 86.4 Å². The molecule has 0 aliphatic carbocycles. The molecule has 6 heteroatoms. The van der Waals surface area contributed by atoms with Gasteiger partial charge in [0.15, 0.2) is 5.11 Å². The van der Waals surface area contributed by atoms with Crippen molar-refractivity contribution in [3.8, 4) is 5.75 Å². The van der Waals surface area contributed by atoms with E-state index in [-0.39, 0.29) is 11.0 Å². The maximum Gasteiger partial charge on any atom is 0.250 e. The first kappa shape index (κ1) is 20.9. The summed E-state index contributed by atoms with van der Waals surface area (Å²) in [5.74, 6) is 0.495. The molecule has 2 N–H and O–H groups in total. The zero-order valence-electron chi connectivity index (χ0n) is 16.9. The second-order valence-electron chi connectivity index (χ2n) is 7.13. The maximum atomic E-state index is 12.1. The number of nitrogens with zero attached hydrogens (tertiary/aromatic N) is 1. The Balaban J connectivity index is 1.50. The fraction of sp³-hybridized carbons (Fsp3) is 0.304. The zero-order chi connectivity index (χ0) is 20.6. The Kier molecular flexibility index (Phi) is 7.25. The van der Waals surface area contributed by atoms with Gasteiger partial charge in [0.2, 0.25) is 5.91 Å². The molecule has 2 aromatic rings. The van der Waals surface area contributed by atoms with Crippen LogP contribution in [0, 0.1) is 0 Å². The third-order valence-electron chi connectivity index (χ3n) is 5.04. The number of thiocarbonyl (C=S) groups is 1. The Morgan fingerprint density at radius 3 is 2.52 bits per heavy atom. The summed E-state index contributed by atoms with van der Waals surface area (Å²) < 4.78 is 5.12. The van der Waals surface area contributed by atoms with Crippen molar-refractivity contribution in [1.29, 1.82) is 0 Å². The van der Waals surface area contributed by atoms with Crippen LogP contribution < -0.4 is 20.3 Å². The largest absolute Gasteiger partial charge is 0.497 e. The Bertz CT molecular complexity index is 863. The highest BCUT2D eigenvalue weighted by Gasteiger charge is 2.18. The maximum absolute atomic E-state index is 12.1. The van der Waals surface area contributed by atoms with E-state index in [1.54, 1.807) is 13.2 Å². The first-order valence-electron chi connectivity index (χ1n) is 9.86. The molecule has 5 nitrogen and oxygen atoms in total. The fourth-order valence-electron chi connectivity index (χ4n) is 3.42. The van der Waals surface area contributed by atoms with Crippen LogP contribution in [0.25, 0.3) is 6.08 Å². The van der Waals surface area contributed by atoms with Crippen molar-refractivity contribution >= 4 is 40.7 Å². The van der Waals surface area contributed by atoms with Gasteiger partial charge in [-0.3, -0.25) is 10.1 Å². The van der Waals surface area contributed by atoms with Gasteiger partial charge in [0, 0.05) is 30.0 Å². The first-order chi connectivity index (χ1) is 14.0. The molecule has 29 heavy (non-hydrogen) atoms. The standard InChI is InChI=1S/C23H27N3O2S/c1-17-5-3-4-16-26(17)20-11-9-19(10-12-20)24-23(29)25-22(27)15-8-18-6-13-21(28-2)14-7-18/h6-15,17H,3-5,16H2,1-2H3,(H2,24,25,27,29)/b15-8+/t17-/m0/s1. The van der Waals surface area contributed by atoms with Crippen molar-refractivity contribution in [3.63, 3.8) is 0 Å². The van der Waals surface area contributed by atoms with Gasteiger partial charge < -0.3 is 15.0 Å². The minimum atomic E-state index is -0.280. The highest BCUT2D eigenvalue weighted by Crippen LogP contribution is 2.25. The lowest BCUT2D eigenvalue weighted by Gasteiger charge is -2.35. The number of carbonyl (C=O) groups is 1. The lowest BCUT2D eigenvalue weighted by atomic mass is 10.0. The molecule has 0 saturated carbocycles. The quantitative estimate of drug-likeness (QED) is 0.558. The summed E-state index contributed by atoms with van der Waals surface area (Å²) in [6.45, 7) is 3.37. The van der Waals surface area contributed by atoms with Crippen LogP contribution in [0.4, 0.5) is 11.4 Å². The molecule has 0 spiro atoms. The normalized spacial score (nSPS) is 16.5. The number of rotatable bonds is 5. The Morgan fingerprint density at radius 1 is 1.14 bits per heavy atom. The van der Waals surface area contributed by atoms with E-state index in [2.05, 4.69) is 34.6 Å². The zero-order valence-corrected chi connectivity index (χ0v) is 17.7. The van der Waals surface area contributed by atoms with Crippen LogP contribution in [0.15, 0.2) is 54.6 Å². The molecule has 0 radical (unpaired) electrons. The molecule has 1 saturated heterocycles. The Morgan fingerprint density at radius 2 is 1.86 bits per heavy atom. The van der Waals surface area contributed by atoms with Gasteiger partial charge in [-0.2, -0.15) is 0 Å². The van der Waals surface area contributed by atoms with Crippen molar-refractivity contribution < 1.29 is 9.53 Å². The summed E-state index contributed by atoms with van der Waals surface area (Å²) in [6.07, 6.45) is 6.96. The van der Waals surface area contributed by atoms with Crippen LogP contribution in [0.1, 0.15) is 31.7 Å². The van der Waals surface area contributed by atoms with Gasteiger partial charge in [-0.25, -0.2) is 0 Å². The van der Waals surface area contributed by atoms with Crippen LogP contribution in [0.2, 0.25) is 0 Å². The lowest BCUT2D eigenvalue weighted by Crippen LogP contribution is -2.37. The van der Waals surface area contributed by atoms with Crippen molar-refractivity contribution in [1.82, 2.24) is 5.32 Å². The van der Waals surface area contributed by atoms with Gasteiger partial charge in [0.05, 0.1) is 7.11 Å². The number of anilines is 2. The molecular formula is C23H27N3O2S. The number of nitrogens with one attached hydrogen (secondary N) is 2. The summed E-state index contributed by atoms with van der Waals surface area (Å²) >= 11 is 5.25. The number of hydrogen-bond donors (Lipinski definition) is 2. The molecule has 152 valence electrons. The van der Waals surface area contributed by atoms with Crippen LogP contribution in [0.3, 0.4) is 0 Å². The molecule has 1 fully saturated rings. The van der Waals surface area contributed by atoms with Gasteiger partial charge in [-0.15, -0.1) is 0 Å². The van der Waals surface area contributed by atoms with Crippen LogP contribution in [-0.4, -0.2) is 30.7 Å². The molecule has 2 aromatic carbocycles. The SMILES string of the molecule is COc1ccc(/C=C/C(=O)NC(=S)Nc2ccc(N3CCCC[C@@H]3C)cc2)cc1. The number of ether oxygens (including phenoxy) is 1. The van der Waals surface area contributed by atoms with E-state index >= 15 is 0 Å². The second-order valence-corrected chi connectivity index (χ2v) is 7.54. The Hall–Kier alpha value is -2.86. The molecule has 1 atom stereocenters. The number of piperidine rings is 1. The van der Waals surface area contributed by atoms with E-state index in [0.717, 1.165) is 23.5 Å². The van der Waals surface area contributed by atoms with Crippen molar-refractivity contribution in [2.75, 3.05) is 23.9 Å². The van der Waals surface area contributed by atoms with E-state index in [1.165, 1.54) is 31.0 Å². The number of methoxy groups -OCH3 is 1. The van der Waals surface area contributed by atoms with Gasteiger partial charge in [0.25, 0.3) is 0 Å². The van der Waals surface area contributed by atoms with E-state index in [4.69, 9.17) is 17.0 Å². The minimum absolute atomic E-state index is 0.272. The highest BCUT2D eigenvalue weighted by molar-refractivity contribution is 7.80. The second kappa shape index (κ2) is 10.1. The minimum Gasteiger partial charge on any atom is -0.497 e.